The molecule has 0 fully saturated rings. The van der Waals surface area contributed by atoms with Gasteiger partial charge in [-0.2, -0.15) is 0 Å². The molecule has 142 valence electrons. The summed E-state index contributed by atoms with van der Waals surface area (Å²) >= 11 is 12.1. The highest BCUT2D eigenvalue weighted by Gasteiger charge is 2.08. The summed E-state index contributed by atoms with van der Waals surface area (Å²) in [6, 6.07) is 19.8. The van der Waals surface area contributed by atoms with Gasteiger partial charge in [0.15, 0.2) is 5.78 Å². The van der Waals surface area contributed by atoms with Gasteiger partial charge in [-0.3, -0.25) is 4.79 Å². The van der Waals surface area contributed by atoms with Gasteiger partial charge in [0.05, 0.1) is 12.1 Å². The average molecular weight is 413 g/mol. The van der Waals surface area contributed by atoms with Crippen LogP contribution in [0, 0.1) is 0 Å². The van der Waals surface area contributed by atoms with Crippen molar-refractivity contribution in [1.29, 1.82) is 0 Å². The van der Waals surface area contributed by atoms with Crippen LogP contribution in [0.25, 0.3) is 6.08 Å². The van der Waals surface area contributed by atoms with Gasteiger partial charge >= 0.3 is 0 Å². The molecule has 0 aliphatic carbocycles. The molecule has 0 amide bonds. The summed E-state index contributed by atoms with van der Waals surface area (Å²) in [5.41, 5.74) is 2.35. The summed E-state index contributed by atoms with van der Waals surface area (Å²) in [4.78, 5) is 12.2. The molecule has 3 nitrogen and oxygen atoms in total. The third-order valence-corrected chi connectivity index (χ3v) is 4.60. The van der Waals surface area contributed by atoms with Gasteiger partial charge in [0.1, 0.15) is 18.1 Å². The van der Waals surface area contributed by atoms with Crippen molar-refractivity contribution in [3.63, 3.8) is 0 Å². The quantitative estimate of drug-likeness (QED) is 0.329. The molecule has 0 N–H and O–H groups in total. The Morgan fingerprint density at radius 1 is 0.964 bits per heavy atom. The fourth-order valence-electron chi connectivity index (χ4n) is 2.63. The number of hydrogen-bond acceptors (Lipinski definition) is 3. The topological polar surface area (TPSA) is 35.5 Å². The third-order valence-electron chi connectivity index (χ3n) is 4.07. The highest BCUT2D eigenvalue weighted by molar-refractivity contribution is 6.35. The van der Waals surface area contributed by atoms with Crippen molar-refractivity contribution in [2.24, 2.45) is 0 Å². The molecule has 0 aliphatic heterocycles. The SMILES string of the molecule is COc1ccc(/C=C/C(=O)c2ccccc2)cc1COc1ccc(Cl)cc1Cl. The Hall–Kier alpha value is -2.75. The smallest absolute Gasteiger partial charge is 0.185 e. The first-order valence-corrected chi connectivity index (χ1v) is 9.34. The second-order valence-corrected chi connectivity index (χ2v) is 6.84. The van der Waals surface area contributed by atoms with E-state index in [4.69, 9.17) is 32.7 Å². The Morgan fingerprint density at radius 2 is 1.71 bits per heavy atom. The van der Waals surface area contributed by atoms with Gasteiger partial charge < -0.3 is 9.47 Å². The summed E-state index contributed by atoms with van der Waals surface area (Å²) in [7, 11) is 1.60. The lowest BCUT2D eigenvalue weighted by atomic mass is 10.1. The van der Waals surface area contributed by atoms with E-state index in [1.165, 1.54) is 0 Å². The number of allylic oxidation sites excluding steroid dienone is 1. The van der Waals surface area contributed by atoms with Crippen molar-refractivity contribution in [3.8, 4) is 11.5 Å². The van der Waals surface area contributed by atoms with E-state index in [2.05, 4.69) is 0 Å². The fraction of sp³-hybridized carbons (Fsp3) is 0.0870. The molecule has 3 aromatic rings. The number of hydrogen-bond donors (Lipinski definition) is 0. The molecule has 0 saturated carbocycles. The Labute approximate surface area is 174 Å². The van der Waals surface area contributed by atoms with E-state index >= 15 is 0 Å². The van der Waals surface area contributed by atoms with Crippen LogP contribution in [0.2, 0.25) is 10.0 Å². The number of benzene rings is 3. The van der Waals surface area contributed by atoms with Crippen molar-refractivity contribution < 1.29 is 14.3 Å². The second-order valence-electron chi connectivity index (χ2n) is 6.00. The first-order chi connectivity index (χ1) is 13.6. The minimum Gasteiger partial charge on any atom is -0.496 e. The van der Waals surface area contributed by atoms with Crippen LogP contribution >= 0.6 is 23.2 Å². The lowest BCUT2D eigenvalue weighted by Crippen LogP contribution is -2.00. The standard InChI is InChI=1S/C23H18Cl2O3/c1-27-22-11-8-16(7-10-21(26)17-5-3-2-4-6-17)13-18(22)15-28-23-12-9-19(24)14-20(23)25/h2-14H,15H2,1H3/b10-7+. The number of carbonyl (C=O) groups is 1. The summed E-state index contributed by atoms with van der Waals surface area (Å²) in [5, 5.41) is 0.987. The van der Waals surface area contributed by atoms with E-state index in [1.54, 1.807) is 49.6 Å². The molecule has 5 heteroatoms. The van der Waals surface area contributed by atoms with Crippen molar-refractivity contribution in [2.45, 2.75) is 6.61 Å². The lowest BCUT2D eigenvalue weighted by molar-refractivity contribution is 0.104. The zero-order chi connectivity index (χ0) is 19.9. The molecule has 3 rings (SSSR count). The van der Waals surface area contributed by atoms with Crippen LogP contribution in [0.5, 0.6) is 11.5 Å². The van der Waals surface area contributed by atoms with E-state index < -0.39 is 0 Å². The first kappa shape index (κ1) is 20.0. The molecule has 0 aromatic heterocycles. The van der Waals surface area contributed by atoms with Crippen LogP contribution in [0.15, 0.2) is 72.8 Å². The van der Waals surface area contributed by atoms with Crippen LogP contribution in [-0.2, 0) is 6.61 Å². The molecule has 3 aromatic carbocycles. The highest BCUT2D eigenvalue weighted by atomic mass is 35.5. The van der Waals surface area contributed by atoms with Crippen LogP contribution in [0.3, 0.4) is 0 Å². The number of carbonyl (C=O) groups excluding carboxylic acids is 1. The van der Waals surface area contributed by atoms with Gasteiger partial charge in [-0.1, -0.05) is 65.7 Å². The number of ether oxygens (including phenoxy) is 2. The highest BCUT2D eigenvalue weighted by Crippen LogP contribution is 2.29. The number of rotatable bonds is 7. The zero-order valence-electron chi connectivity index (χ0n) is 15.2. The fourth-order valence-corrected chi connectivity index (χ4v) is 3.10. The molecular weight excluding hydrogens is 395 g/mol. The van der Waals surface area contributed by atoms with Gasteiger partial charge in [-0.05, 0) is 42.0 Å². The van der Waals surface area contributed by atoms with Gasteiger partial charge in [0.2, 0.25) is 0 Å². The molecule has 0 heterocycles. The minimum absolute atomic E-state index is 0.0536. The number of halogens is 2. The Balaban J connectivity index is 1.76. The molecule has 0 bridgehead atoms. The van der Waals surface area contributed by atoms with Crippen molar-refractivity contribution in [1.82, 2.24) is 0 Å². The molecule has 0 unspecified atom stereocenters. The first-order valence-electron chi connectivity index (χ1n) is 8.59. The lowest BCUT2D eigenvalue weighted by Gasteiger charge is -2.12. The largest absolute Gasteiger partial charge is 0.496 e. The van der Waals surface area contributed by atoms with Crippen LogP contribution < -0.4 is 9.47 Å². The number of methoxy groups -OCH3 is 1. The second kappa shape index (κ2) is 9.45. The third kappa shape index (κ3) is 5.16. The molecule has 0 aliphatic rings. The maximum absolute atomic E-state index is 12.2. The summed E-state index contributed by atoms with van der Waals surface area (Å²) in [6.07, 6.45) is 3.32. The Kier molecular flexibility index (Phi) is 6.75. The summed E-state index contributed by atoms with van der Waals surface area (Å²) in [6.45, 7) is 0.263. The molecule has 0 radical (unpaired) electrons. The normalized spacial score (nSPS) is 10.8. The van der Waals surface area contributed by atoms with Gasteiger partial charge in [-0.15, -0.1) is 0 Å². The molecule has 0 atom stereocenters. The molecule has 0 spiro atoms. The Bertz CT molecular complexity index is 998. The van der Waals surface area contributed by atoms with Gasteiger partial charge in [-0.25, -0.2) is 0 Å². The van der Waals surface area contributed by atoms with Crippen molar-refractivity contribution in [3.05, 3.63) is 99.5 Å². The van der Waals surface area contributed by atoms with Crippen LogP contribution in [0.1, 0.15) is 21.5 Å². The molecule has 28 heavy (non-hydrogen) atoms. The van der Waals surface area contributed by atoms with Crippen molar-refractivity contribution in [2.75, 3.05) is 7.11 Å². The molecular formula is C23H18Cl2O3. The van der Waals surface area contributed by atoms with E-state index in [9.17, 15) is 4.79 Å². The van der Waals surface area contributed by atoms with Crippen LogP contribution in [-0.4, -0.2) is 12.9 Å². The maximum Gasteiger partial charge on any atom is 0.185 e. The summed E-state index contributed by atoms with van der Waals surface area (Å²) < 4.78 is 11.2. The predicted molar refractivity (Wildman–Crippen MR) is 114 cm³/mol. The van der Waals surface area contributed by atoms with Gasteiger partial charge in [0.25, 0.3) is 0 Å². The maximum atomic E-state index is 12.2. The zero-order valence-corrected chi connectivity index (χ0v) is 16.7. The average Bonchev–Trinajstić information content (AvgIpc) is 2.72. The van der Waals surface area contributed by atoms with Crippen molar-refractivity contribution >= 4 is 35.1 Å². The molecule has 0 saturated heterocycles. The van der Waals surface area contributed by atoms with E-state index in [0.717, 1.165) is 11.1 Å². The summed E-state index contributed by atoms with van der Waals surface area (Å²) in [5.74, 6) is 1.17. The number of ketones is 1. The predicted octanol–water partition coefficient (Wildman–Crippen LogP) is 6.48. The van der Waals surface area contributed by atoms with Gasteiger partial charge in [0, 0.05) is 16.1 Å². The Morgan fingerprint density at radius 3 is 2.43 bits per heavy atom. The minimum atomic E-state index is -0.0536. The van der Waals surface area contributed by atoms with E-state index in [1.807, 2.05) is 36.4 Å². The monoisotopic (exact) mass is 412 g/mol. The van der Waals surface area contributed by atoms with E-state index in [0.29, 0.717) is 27.1 Å². The van der Waals surface area contributed by atoms with E-state index in [-0.39, 0.29) is 12.4 Å². The van der Waals surface area contributed by atoms with Crippen LogP contribution in [0.4, 0.5) is 0 Å².